The van der Waals surface area contributed by atoms with Crippen molar-refractivity contribution < 1.29 is 4.42 Å². The van der Waals surface area contributed by atoms with Crippen LogP contribution in [0, 0.1) is 0 Å². The lowest BCUT2D eigenvalue weighted by Crippen LogP contribution is -1.98. The predicted molar refractivity (Wildman–Crippen MR) is 285 cm³/mol. The third-order valence-corrected chi connectivity index (χ3v) is 13.7. The normalized spacial score (nSPS) is 11.8. The largest absolute Gasteiger partial charge is 0.456 e. The van der Waals surface area contributed by atoms with Crippen molar-refractivity contribution in [1.82, 2.24) is 19.1 Å². The molecule has 0 aliphatic carbocycles. The Labute approximate surface area is 397 Å². The smallest absolute Gasteiger partial charge is 0.160 e. The number of para-hydroxylation sites is 3. The fourth-order valence-corrected chi connectivity index (χ4v) is 10.6. The number of hydrogen-bond acceptors (Lipinski definition) is 3. The van der Waals surface area contributed by atoms with E-state index in [0.29, 0.717) is 5.82 Å². The lowest BCUT2D eigenvalue weighted by Gasteiger charge is -2.13. The Balaban J connectivity index is 0.889. The topological polar surface area (TPSA) is 48.8 Å². The Kier molecular flexibility index (Phi) is 8.83. The Morgan fingerprint density at radius 2 is 0.768 bits per heavy atom. The van der Waals surface area contributed by atoms with Crippen LogP contribution in [0.3, 0.4) is 0 Å². The van der Waals surface area contributed by atoms with E-state index >= 15 is 0 Å². The van der Waals surface area contributed by atoms with Crippen LogP contribution in [0.15, 0.2) is 247 Å². The minimum absolute atomic E-state index is 0.654. The van der Waals surface area contributed by atoms with Crippen molar-refractivity contribution >= 4 is 65.6 Å². The summed E-state index contributed by atoms with van der Waals surface area (Å²) in [6, 6.07) is 86.3. The van der Waals surface area contributed by atoms with Gasteiger partial charge in [-0.1, -0.05) is 164 Å². The van der Waals surface area contributed by atoms with Crippen molar-refractivity contribution in [3.8, 4) is 67.5 Å². The molecule has 0 bridgehead atoms. The first-order valence-electron chi connectivity index (χ1n) is 23.4. The van der Waals surface area contributed by atoms with Gasteiger partial charge in [0.05, 0.1) is 33.5 Å². The van der Waals surface area contributed by atoms with E-state index in [2.05, 4.69) is 221 Å². The fourth-order valence-electron chi connectivity index (χ4n) is 10.6. The molecule has 0 saturated heterocycles. The lowest BCUT2D eigenvalue weighted by molar-refractivity contribution is 0.669. The molecule has 0 spiro atoms. The third kappa shape index (κ3) is 6.40. The van der Waals surface area contributed by atoms with Gasteiger partial charge in [0.2, 0.25) is 0 Å². The summed E-state index contributed by atoms with van der Waals surface area (Å²) in [6.45, 7) is 0. The van der Waals surface area contributed by atoms with Crippen LogP contribution in [-0.2, 0) is 0 Å². The van der Waals surface area contributed by atoms with E-state index in [0.717, 1.165) is 72.4 Å². The molecular weight excluding hydrogens is 841 g/mol. The molecule has 0 fully saturated rings. The van der Waals surface area contributed by atoms with Crippen molar-refractivity contribution in [3.05, 3.63) is 243 Å². The first-order chi connectivity index (χ1) is 34.2. The summed E-state index contributed by atoms with van der Waals surface area (Å²) >= 11 is 0. The number of rotatable bonds is 7. The molecule has 0 aliphatic rings. The Morgan fingerprint density at radius 1 is 0.290 bits per heavy atom. The second kappa shape index (κ2) is 15.7. The average Bonchev–Trinajstić information content (AvgIpc) is 4.09. The summed E-state index contributed by atoms with van der Waals surface area (Å²) in [6.07, 6.45) is 0. The molecule has 0 unspecified atom stereocenters. The first-order valence-corrected chi connectivity index (χ1v) is 23.4. The number of aromatic nitrogens is 4. The van der Waals surface area contributed by atoms with E-state index in [1.165, 1.54) is 54.8 Å². The fraction of sp³-hybridized carbons (Fsp3) is 0. The van der Waals surface area contributed by atoms with Gasteiger partial charge in [0, 0.05) is 60.4 Å². The molecular formula is C64H40N4O. The van der Waals surface area contributed by atoms with Crippen LogP contribution in [0.25, 0.3) is 133 Å². The maximum Gasteiger partial charge on any atom is 0.160 e. The van der Waals surface area contributed by atoms with Crippen LogP contribution in [0.5, 0.6) is 0 Å². The molecule has 0 aliphatic heterocycles. The highest BCUT2D eigenvalue weighted by Crippen LogP contribution is 2.41. The van der Waals surface area contributed by atoms with E-state index in [9.17, 15) is 0 Å². The number of nitrogens with zero attached hydrogens (tertiary/aromatic N) is 4. The van der Waals surface area contributed by atoms with Gasteiger partial charge in [0.15, 0.2) is 5.82 Å². The average molecular weight is 881 g/mol. The van der Waals surface area contributed by atoms with Gasteiger partial charge in [-0.25, -0.2) is 9.97 Å². The summed E-state index contributed by atoms with van der Waals surface area (Å²) in [5.41, 5.74) is 17.9. The third-order valence-electron chi connectivity index (χ3n) is 13.7. The molecule has 4 heterocycles. The molecule has 0 radical (unpaired) electrons. The van der Waals surface area contributed by atoms with Crippen LogP contribution in [-0.4, -0.2) is 19.1 Å². The summed E-state index contributed by atoms with van der Waals surface area (Å²) in [5, 5.41) is 6.96. The van der Waals surface area contributed by atoms with Gasteiger partial charge in [-0.2, -0.15) is 0 Å². The maximum atomic E-state index is 6.32. The van der Waals surface area contributed by atoms with Crippen molar-refractivity contribution in [1.29, 1.82) is 0 Å². The predicted octanol–water partition coefficient (Wildman–Crippen LogP) is 16.9. The lowest BCUT2D eigenvalue weighted by atomic mass is 10.0. The Bertz CT molecular complexity index is 4310. The molecule has 0 atom stereocenters. The molecule has 10 aromatic carbocycles. The second-order valence-corrected chi connectivity index (χ2v) is 17.7. The minimum atomic E-state index is 0.654. The summed E-state index contributed by atoms with van der Waals surface area (Å²) < 4.78 is 11.1. The molecule has 0 saturated carbocycles. The molecule has 0 amide bonds. The molecule has 0 N–H and O–H groups in total. The number of furan rings is 1. The molecule has 5 nitrogen and oxygen atoms in total. The number of fused-ring (bicyclic) bond motifs is 9. The van der Waals surface area contributed by atoms with Gasteiger partial charge in [-0.05, 0) is 101 Å². The zero-order valence-electron chi connectivity index (χ0n) is 37.3. The van der Waals surface area contributed by atoms with Gasteiger partial charge < -0.3 is 13.6 Å². The van der Waals surface area contributed by atoms with Crippen molar-refractivity contribution in [2.24, 2.45) is 0 Å². The Morgan fingerprint density at radius 3 is 1.43 bits per heavy atom. The van der Waals surface area contributed by atoms with E-state index in [-0.39, 0.29) is 0 Å². The molecule has 4 aromatic heterocycles. The maximum absolute atomic E-state index is 6.32. The molecule has 322 valence electrons. The second-order valence-electron chi connectivity index (χ2n) is 17.7. The molecule has 14 aromatic rings. The van der Waals surface area contributed by atoms with Crippen LogP contribution >= 0.6 is 0 Å². The van der Waals surface area contributed by atoms with E-state index in [1.807, 2.05) is 30.3 Å². The van der Waals surface area contributed by atoms with Gasteiger partial charge >= 0.3 is 0 Å². The van der Waals surface area contributed by atoms with Gasteiger partial charge in [0.25, 0.3) is 0 Å². The first kappa shape index (κ1) is 38.9. The summed E-state index contributed by atoms with van der Waals surface area (Å²) in [4.78, 5) is 10.6. The van der Waals surface area contributed by atoms with E-state index < -0.39 is 0 Å². The van der Waals surface area contributed by atoms with Crippen molar-refractivity contribution in [2.75, 3.05) is 0 Å². The van der Waals surface area contributed by atoms with Gasteiger partial charge in [0.1, 0.15) is 11.2 Å². The minimum Gasteiger partial charge on any atom is -0.456 e. The van der Waals surface area contributed by atoms with Crippen molar-refractivity contribution in [2.45, 2.75) is 0 Å². The highest BCUT2D eigenvalue weighted by Gasteiger charge is 2.20. The van der Waals surface area contributed by atoms with Gasteiger partial charge in [-0.3, -0.25) is 0 Å². The van der Waals surface area contributed by atoms with E-state index in [1.54, 1.807) is 0 Å². The zero-order chi connectivity index (χ0) is 45.4. The van der Waals surface area contributed by atoms with E-state index in [4.69, 9.17) is 14.4 Å². The monoisotopic (exact) mass is 880 g/mol. The van der Waals surface area contributed by atoms with Crippen molar-refractivity contribution in [3.63, 3.8) is 0 Å². The SMILES string of the molecule is c1ccc(-c2cccc(-n3c4ccccc4c4cc(-c5ccc6c(c5)c5ccccc5n6-c5cccc(-c6nc(-c7ccccc7)cc(-c7cccc8oc9ccccc9c78)n6)c5)ccc43)c2)cc1. The number of hydrogen-bond donors (Lipinski definition) is 0. The molecule has 69 heavy (non-hydrogen) atoms. The summed E-state index contributed by atoms with van der Waals surface area (Å²) in [5.74, 6) is 0.654. The highest BCUT2D eigenvalue weighted by molar-refractivity contribution is 6.14. The van der Waals surface area contributed by atoms with Crippen LogP contribution in [0.4, 0.5) is 0 Å². The Hall–Kier alpha value is -9.32. The van der Waals surface area contributed by atoms with Crippen LogP contribution in [0.1, 0.15) is 0 Å². The highest BCUT2D eigenvalue weighted by atomic mass is 16.3. The molecule has 5 heteroatoms. The quantitative estimate of drug-likeness (QED) is 0.160. The number of benzene rings is 10. The standard InChI is InChI=1S/C64H40N4O/c1-3-16-41(17-4-1)43-20-13-22-47(36-43)67-57-28-10-7-24-49(57)53-38-44(32-34-59(53)67)45-33-35-60-54(39-45)50-25-8-11-29-58(50)68(60)48-23-14-21-46(37-48)64-65-55(42-18-5-2-6-19-42)40-56(66-64)51-27-15-31-62-63(51)52-26-9-12-30-61(52)69-62/h1-40H. The van der Waals surface area contributed by atoms with Gasteiger partial charge in [-0.15, -0.1) is 0 Å². The van der Waals surface area contributed by atoms with Crippen LogP contribution in [0.2, 0.25) is 0 Å². The summed E-state index contributed by atoms with van der Waals surface area (Å²) in [7, 11) is 0. The zero-order valence-corrected chi connectivity index (χ0v) is 37.3. The van der Waals surface area contributed by atoms with Crippen LogP contribution < -0.4 is 0 Å². The molecule has 14 rings (SSSR count).